The third-order valence-electron chi connectivity index (χ3n) is 3.64. The Morgan fingerprint density at radius 3 is 2.73 bits per heavy atom. The lowest BCUT2D eigenvalue weighted by Gasteiger charge is -2.27. The summed E-state index contributed by atoms with van der Waals surface area (Å²) >= 11 is 0. The molecule has 1 aliphatic heterocycles. The Labute approximate surface area is 128 Å². The van der Waals surface area contributed by atoms with Crippen molar-refractivity contribution in [3.05, 3.63) is 36.5 Å². The molecule has 2 heterocycles. The molecule has 1 N–H and O–H groups in total. The van der Waals surface area contributed by atoms with E-state index in [4.69, 9.17) is 0 Å². The van der Waals surface area contributed by atoms with Crippen molar-refractivity contribution in [2.45, 2.75) is 19.9 Å². The van der Waals surface area contributed by atoms with Gasteiger partial charge in [0.05, 0.1) is 12.2 Å². The Balaban J connectivity index is 1.85. The lowest BCUT2D eigenvalue weighted by atomic mass is 10.2. The summed E-state index contributed by atoms with van der Waals surface area (Å²) in [4.78, 5) is 29.5. The van der Waals surface area contributed by atoms with Gasteiger partial charge in [0.1, 0.15) is 0 Å². The second-order valence-corrected chi connectivity index (χ2v) is 5.29. The number of hydrogen-bond acceptors (Lipinski definition) is 3. The first-order chi connectivity index (χ1) is 10.6. The third kappa shape index (κ3) is 2.86. The van der Waals surface area contributed by atoms with Crippen LogP contribution < -0.4 is 10.2 Å². The lowest BCUT2D eigenvalue weighted by Crippen LogP contribution is -2.43. The maximum atomic E-state index is 12.3. The molecular weight excluding hydrogens is 280 g/mol. The molecule has 0 spiro atoms. The third-order valence-corrected chi connectivity index (χ3v) is 3.64. The van der Waals surface area contributed by atoms with Crippen LogP contribution in [0.5, 0.6) is 0 Å². The quantitative estimate of drug-likeness (QED) is 0.932. The topological polar surface area (TPSA) is 67.2 Å². The van der Waals surface area contributed by atoms with Crippen molar-refractivity contribution < 1.29 is 9.59 Å². The van der Waals surface area contributed by atoms with Gasteiger partial charge in [0, 0.05) is 31.8 Å². The first-order valence-corrected chi connectivity index (χ1v) is 7.32. The van der Waals surface area contributed by atoms with Crippen molar-refractivity contribution in [2.75, 3.05) is 18.0 Å². The van der Waals surface area contributed by atoms with E-state index < -0.39 is 0 Å². The molecule has 0 radical (unpaired) electrons. The van der Waals surface area contributed by atoms with Crippen LogP contribution in [0.25, 0.3) is 11.3 Å². The number of benzene rings is 1. The van der Waals surface area contributed by atoms with Crippen LogP contribution in [-0.2, 0) is 16.1 Å². The zero-order valence-electron chi connectivity index (χ0n) is 12.5. The van der Waals surface area contributed by atoms with E-state index in [0.717, 1.165) is 24.2 Å². The highest BCUT2D eigenvalue weighted by Gasteiger charge is 2.25. The van der Waals surface area contributed by atoms with Gasteiger partial charge in [0.25, 0.3) is 0 Å². The van der Waals surface area contributed by atoms with Crippen LogP contribution in [0.1, 0.15) is 13.3 Å². The summed E-state index contributed by atoms with van der Waals surface area (Å²) in [7, 11) is 0. The fraction of sp³-hybridized carbons (Fsp3) is 0.312. The molecule has 0 unspecified atom stereocenters. The summed E-state index contributed by atoms with van der Waals surface area (Å²) < 4.78 is 2.00. The minimum Gasteiger partial charge on any atom is -0.347 e. The fourth-order valence-electron chi connectivity index (χ4n) is 2.57. The Morgan fingerprint density at radius 1 is 1.23 bits per heavy atom. The summed E-state index contributed by atoms with van der Waals surface area (Å²) in [6.07, 6.45) is 2.85. The molecule has 0 fully saturated rings. The first-order valence-electron chi connectivity index (χ1n) is 7.32. The number of nitrogens with one attached hydrogen (secondary N) is 1. The van der Waals surface area contributed by atoms with E-state index in [1.807, 2.05) is 41.1 Å². The standard InChI is InChI=1S/C16H18N4O2/c1-12(21)17-10-15(22)20-9-5-8-19-11-14(18-16(19)20)13-6-3-2-4-7-13/h2-4,6-7,11H,5,8-10H2,1H3,(H,17,21). The second-order valence-electron chi connectivity index (χ2n) is 5.29. The Hall–Kier alpha value is -2.63. The van der Waals surface area contributed by atoms with E-state index in [9.17, 15) is 9.59 Å². The SMILES string of the molecule is CC(=O)NCC(=O)N1CCCn2cc(-c3ccccc3)nc21. The number of anilines is 1. The predicted octanol–water partition coefficient (Wildman–Crippen LogP) is 1.42. The Kier molecular flexibility index (Phi) is 3.91. The molecular formula is C16H18N4O2. The summed E-state index contributed by atoms with van der Waals surface area (Å²) in [6.45, 7) is 2.88. The van der Waals surface area contributed by atoms with Crippen molar-refractivity contribution >= 4 is 17.8 Å². The highest BCUT2D eigenvalue weighted by atomic mass is 16.2. The van der Waals surface area contributed by atoms with Crippen LogP contribution in [0.2, 0.25) is 0 Å². The molecule has 6 nitrogen and oxygen atoms in total. The van der Waals surface area contributed by atoms with E-state index in [0.29, 0.717) is 12.5 Å². The van der Waals surface area contributed by atoms with Crippen LogP contribution in [0.15, 0.2) is 36.5 Å². The number of hydrogen-bond donors (Lipinski definition) is 1. The molecule has 1 aliphatic rings. The molecule has 22 heavy (non-hydrogen) atoms. The van der Waals surface area contributed by atoms with Gasteiger partial charge in [-0.1, -0.05) is 30.3 Å². The molecule has 1 aromatic carbocycles. The number of aromatic nitrogens is 2. The molecule has 6 heteroatoms. The molecule has 114 valence electrons. The van der Waals surface area contributed by atoms with Gasteiger partial charge in [0.15, 0.2) is 0 Å². The molecule has 2 aromatic rings. The highest BCUT2D eigenvalue weighted by Crippen LogP contribution is 2.26. The second kappa shape index (κ2) is 6.01. The van der Waals surface area contributed by atoms with Crippen LogP contribution in [-0.4, -0.2) is 34.5 Å². The summed E-state index contributed by atoms with van der Waals surface area (Å²) in [5, 5.41) is 2.54. The average Bonchev–Trinajstić information content (AvgIpc) is 2.97. The van der Waals surface area contributed by atoms with Gasteiger partial charge in [-0.2, -0.15) is 0 Å². The van der Waals surface area contributed by atoms with Crippen LogP contribution in [0.3, 0.4) is 0 Å². The molecule has 1 aromatic heterocycles. The Bertz CT molecular complexity index is 693. The van der Waals surface area contributed by atoms with Crippen molar-refractivity contribution in [2.24, 2.45) is 0 Å². The largest absolute Gasteiger partial charge is 0.347 e. The van der Waals surface area contributed by atoms with Gasteiger partial charge in [-0.25, -0.2) is 4.98 Å². The van der Waals surface area contributed by atoms with Gasteiger partial charge in [0.2, 0.25) is 17.8 Å². The van der Waals surface area contributed by atoms with Crippen LogP contribution in [0.4, 0.5) is 5.95 Å². The van der Waals surface area contributed by atoms with Gasteiger partial charge < -0.3 is 9.88 Å². The number of imidazole rings is 1. The number of amides is 2. The molecule has 0 atom stereocenters. The minimum atomic E-state index is -0.210. The first kappa shape index (κ1) is 14.3. The molecule has 0 saturated carbocycles. The zero-order chi connectivity index (χ0) is 15.5. The van der Waals surface area contributed by atoms with E-state index in [1.54, 1.807) is 4.90 Å². The molecule has 3 rings (SSSR count). The average molecular weight is 298 g/mol. The lowest BCUT2D eigenvalue weighted by molar-refractivity contribution is -0.123. The Morgan fingerprint density at radius 2 is 2.00 bits per heavy atom. The fourth-order valence-corrected chi connectivity index (χ4v) is 2.57. The van der Waals surface area contributed by atoms with E-state index >= 15 is 0 Å². The normalized spacial score (nSPS) is 13.6. The smallest absolute Gasteiger partial charge is 0.248 e. The maximum Gasteiger partial charge on any atom is 0.248 e. The van der Waals surface area contributed by atoms with E-state index in [-0.39, 0.29) is 18.4 Å². The van der Waals surface area contributed by atoms with Gasteiger partial charge in [-0.15, -0.1) is 0 Å². The van der Waals surface area contributed by atoms with E-state index in [2.05, 4.69) is 10.3 Å². The van der Waals surface area contributed by atoms with Crippen molar-refractivity contribution in [3.8, 4) is 11.3 Å². The number of carbonyl (C=O) groups excluding carboxylic acids is 2. The summed E-state index contributed by atoms with van der Waals surface area (Å²) in [5.74, 6) is 0.306. The van der Waals surface area contributed by atoms with Gasteiger partial charge in [-0.3, -0.25) is 14.5 Å². The summed E-state index contributed by atoms with van der Waals surface area (Å²) in [6, 6.07) is 9.89. The highest BCUT2D eigenvalue weighted by molar-refractivity contribution is 5.95. The minimum absolute atomic E-state index is 0.00284. The van der Waals surface area contributed by atoms with Crippen molar-refractivity contribution in [1.29, 1.82) is 0 Å². The van der Waals surface area contributed by atoms with Crippen LogP contribution in [0, 0.1) is 0 Å². The van der Waals surface area contributed by atoms with E-state index in [1.165, 1.54) is 6.92 Å². The van der Waals surface area contributed by atoms with Gasteiger partial charge in [-0.05, 0) is 6.42 Å². The zero-order valence-corrected chi connectivity index (χ0v) is 12.5. The van der Waals surface area contributed by atoms with Crippen LogP contribution >= 0.6 is 0 Å². The van der Waals surface area contributed by atoms with Gasteiger partial charge >= 0.3 is 0 Å². The molecule has 0 saturated heterocycles. The number of nitrogens with zero attached hydrogens (tertiary/aromatic N) is 3. The van der Waals surface area contributed by atoms with Crippen molar-refractivity contribution in [1.82, 2.24) is 14.9 Å². The molecule has 0 aliphatic carbocycles. The number of carbonyl (C=O) groups is 2. The number of rotatable bonds is 3. The van der Waals surface area contributed by atoms with Crippen molar-refractivity contribution in [3.63, 3.8) is 0 Å². The predicted molar refractivity (Wildman–Crippen MR) is 83.3 cm³/mol. The maximum absolute atomic E-state index is 12.3. The number of aryl methyl sites for hydroxylation is 1. The monoisotopic (exact) mass is 298 g/mol. The summed E-state index contributed by atoms with van der Waals surface area (Å²) in [5.41, 5.74) is 1.88. The molecule has 2 amide bonds. The number of fused-ring (bicyclic) bond motifs is 1. The molecule has 0 bridgehead atoms.